The molecule has 2 aromatic heterocycles. The fourth-order valence-electron chi connectivity index (χ4n) is 3.60. The Bertz CT molecular complexity index is 826. The molecule has 1 radical (unpaired) electrons. The summed E-state index contributed by atoms with van der Waals surface area (Å²) in [5.41, 5.74) is 1.16. The minimum atomic E-state index is -0.341. The van der Waals surface area contributed by atoms with Gasteiger partial charge < -0.3 is 9.47 Å². The average molecular weight is 348 g/mol. The highest BCUT2D eigenvalue weighted by Crippen LogP contribution is 2.29. The summed E-state index contributed by atoms with van der Waals surface area (Å²) in [6, 6.07) is 16.2. The van der Waals surface area contributed by atoms with Gasteiger partial charge >= 0.3 is 0 Å². The van der Waals surface area contributed by atoms with Crippen molar-refractivity contribution in [2.45, 2.75) is 31.9 Å². The highest BCUT2D eigenvalue weighted by atomic mass is 16.3. The van der Waals surface area contributed by atoms with Crippen molar-refractivity contribution in [1.29, 1.82) is 0 Å². The molecule has 0 saturated carbocycles. The molecule has 1 aliphatic heterocycles. The molecular weight excluding hydrogens is 326 g/mol. The largest absolute Gasteiger partial charge is 0.357 e. The quantitative estimate of drug-likeness (QED) is 0.711. The number of benzene rings is 1. The second-order valence-corrected chi connectivity index (χ2v) is 6.64. The SMILES string of the molecule is [O]Cc1nnc(C2CCN(c3ccccn3)CC2)n1Cc1ccccc1. The molecule has 0 atom stereocenters. The smallest absolute Gasteiger partial charge is 0.162 e. The first-order valence-corrected chi connectivity index (χ1v) is 9.05. The molecule has 0 amide bonds. The van der Waals surface area contributed by atoms with Crippen molar-refractivity contribution < 1.29 is 5.11 Å². The average Bonchev–Trinajstić information content (AvgIpc) is 3.12. The minimum absolute atomic E-state index is 0.325. The number of rotatable bonds is 5. The number of hydrogen-bond donors (Lipinski definition) is 0. The first-order valence-electron chi connectivity index (χ1n) is 9.05. The second kappa shape index (κ2) is 7.66. The predicted octanol–water partition coefficient (Wildman–Crippen LogP) is 3.04. The molecule has 26 heavy (non-hydrogen) atoms. The first kappa shape index (κ1) is 16.7. The highest BCUT2D eigenvalue weighted by Gasteiger charge is 2.26. The van der Waals surface area contributed by atoms with Gasteiger partial charge in [-0.25, -0.2) is 10.1 Å². The minimum Gasteiger partial charge on any atom is -0.357 e. The van der Waals surface area contributed by atoms with E-state index in [0.717, 1.165) is 43.1 Å². The van der Waals surface area contributed by atoms with Crippen molar-refractivity contribution in [2.24, 2.45) is 0 Å². The topological polar surface area (TPSA) is 66.7 Å². The fourth-order valence-corrected chi connectivity index (χ4v) is 3.60. The van der Waals surface area contributed by atoms with Crippen LogP contribution >= 0.6 is 0 Å². The Morgan fingerprint density at radius 2 is 1.73 bits per heavy atom. The maximum Gasteiger partial charge on any atom is 0.162 e. The van der Waals surface area contributed by atoms with Crippen molar-refractivity contribution in [1.82, 2.24) is 19.7 Å². The number of nitrogens with zero attached hydrogens (tertiary/aromatic N) is 5. The lowest BCUT2D eigenvalue weighted by Crippen LogP contribution is -2.34. The van der Waals surface area contributed by atoms with E-state index in [4.69, 9.17) is 0 Å². The van der Waals surface area contributed by atoms with Gasteiger partial charge in [0.25, 0.3) is 0 Å². The molecule has 3 aromatic rings. The summed E-state index contributed by atoms with van der Waals surface area (Å²) in [7, 11) is 0. The van der Waals surface area contributed by atoms with Gasteiger partial charge in [-0.3, -0.25) is 0 Å². The van der Waals surface area contributed by atoms with Crippen molar-refractivity contribution in [2.75, 3.05) is 18.0 Å². The molecule has 0 spiro atoms. The molecule has 4 rings (SSSR count). The summed E-state index contributed by atoms with van der Waals surface area (Å²) < 4.78 is 2.02. The van der Waals surface area contributed by atoms with Crippen LogP contribution in [-0.2, 0) is 18.3 Å². The normalized spacial score (nSPS) is 15.3. The van der Waals surface area contributed by atoms with Gasteiger partial charge in [0, 0.05) is 25.2 Å². The summed E-state index contributed by atoms with van der Waals surface area (Å²) in [5, 5.41) is 20.1. The molecule has 1 fully saturated rings. The third-order valence-electron chi connectivity index (χ3n) is 5.00. The van der Waals surface area contributed by atoms with E-state index in [1.54, 1.807) is 0 Å². The van der Waals surface area contributed by atoms with Gasteiger partial charge in [0.1, 0.15) is 18.2 Å². The van der Waals surface area contributed by atoms with E-state index in [1.807, 2.05) is 47.2 Å². The van der Waals surface area contributed by atoms with E-state index in [9.17, 15) is 5.11 Å². The van der Waals surface area contributed by atoms with Crippen molar-refractivity contribution in [3.8, 4) is 0 Å². The third-order valence-corrected chi connectivity index (χ3v) is 5.00. The molecule has 1 aromatic carbocycles. The number of piperidine rings is 1. The maximum atomic E-state index is 11.5. The molecule has 6 nitrogen and oxygen atoms in total. The first-order chi connectivity index (χ1) is 12.8. The van der Waals surface area contributed by atoms with Crippen LogP contribution in [0, 0.1) is 0 Å². The van der Waals surface area contributed by atoms with Gasteiger partial charge in [0.05, 0.1) is 6.54 Å². The number of aromatic nitrogens is 4. The molecule has 0 aliphatic carbocycles. The van der Waals surface area contributed by atoms with Crippen molar-refractivity contribution >= 4 is 5.82 Å². The fraction of sp³-hybridized carbons (Fsp3) is 0.350. The zero-order valence-electron chi connectivity index (χ0n) is 14.7. The Hall–Kier alpha value is -2.73. The van der Waals surface area contributed by atoms with E-state index < -0.39 is 0 Å². The monoisotopic (exact) mass is 348 g/mol. The van der Waals surface area contributed by atoms with Gasteiger partial charge in [0.2, 0.25) is 0 Å². The summed E-state index contributed by atoms with van der Waals surface area (Å²) >= 11 is 0. The Labute approximate surface area is 153 Å². The van der Waals surface area contributed by atoms with Crippen LogP contribution in [0.5, 0.6) is 0 Å². The Morgan fingerprint density at radius 3 is 2.42 bits per heavy atom. The van der Waals surface area contributed by atoms with Gasteiger partial charge in [-0.15, -0.1) is 10.2 Å². The Balaban J connectivity index is 1.51. The zero-order chi connectivity index (χ0) is 17.8. The lowest BCUT2D eigenvalue weighted by Gasteiger charge is -2.32. The molecule has 0 N–H and O–H groups in total. The van der Waals surface area contributed by atoms with Gasteiger partial charge in [-0.05, 0) is 30.5 Å². The number of hydrogen-bond acceptors (Lipinski definition) is 4. The molecule has 0 unspecified atom stereocenters. The van der Waals surface area contributed by atoms with E-state index in [-0.39, 0.29) is 6.61 Å². The summed E-state index contributed by atoms with van der Waals surface area (Å²) in [4.78, 5) is 6.75. The van der Waals surface area contributed by atoms with Crippen LogP contribution in [0.15, 0.2) is 54.7 Å². The van der Waals surface area contributed by atoms with Crippen LogP contribution in [-0.4, -0.2) is 32.8 Å². The standard InChI is InChI=1S/C20H22N5O/c26-15-19-22-23-20(25(19)14-16-6-2-1-3-7-16)17-9-12-24(13-10-17)18-8-4-5-11-21-18/h1-8,11,17H,9-10,12-15H2. The molecular formula is C20H22N5O. The molecule has 3 heterocycles. The van der Waals surface area contributed by atoms with Crippen LogP contribution in [0.25, 0.3) is 0 Å². The molecule has 133 valence electrons. The Kier molecular flexibility index (Phi) is 4.93. The molecule has 6 heteroatoms. The third kappa shape index (κ3) is 3.46. The lowest BCUT2D eigenvalue weighted by atomic mass is 9.95. The van der Waals surface area contributed by atoms with E-state index >= 15 is 0 Å². The number of anilines is 1. The van der Waals surface area contributed by atoms with Crippen LogP contribution in [0.2, 0.25) is 0 Å². The van der Waals surface area contributed by atoms with Crippen molar-refractivity contribution in [3.63, 3.8) is 0 Å². The van der Waals surface area contributed by atoms with Gasteiger partial charge in [-0.2, -0.15) is 0 Å². The molecule has 1 aliphatic rings. The van der Waals surface area contributed by atoms with E-state index in [0.29, 0.717) is 18.3 Å². The summed E-state index contributed by atoms with van der Waals surface area (Å²) in [6.45, 7) is 2.19. The van der Waals surface area contributed by atoms with Crippen LogP contribution in [0.3, 0.4) is 0 Å². The van der Waals surface area contributed by atoms with Crippen molar-refractivity contribution in [3.05, 3.63) is 71.9 Å². The van der Waals surface area contributed by atoms with Crippen LogP contribution in [0.1, 0.15) is 36.0 Å². The van der Waals surface area contributed by atoms with Gasteiger partial charge in [-0.1, -0.05) is 36.4 Å². The Morgan fingerprint density at radius 1 is 0.962 bits per heavy atom. The van der Waals surface area contributed by atoms with Gasteiger partial charge in [0.15, 0.2) is 5.82 Å². The van der Waals surface area contributed by atoms with E-state index in [2.05, 4.69) is 32.2 Å². The number of pyridine rings is 1. The zero-order valence-corrected chi connectivity index (χ0v) is 14.7. The maximum absolute atomic E-state index is 11.5. The van der Waals surface area contributed by atoms with E-state index in [1.165, 1.54) is 0 Å². The van der Waals surface area contributed by atoms with Crippen LogP contribution in [0.4, 0.5) is 5.82 Å². The summed E-state index contributed by atoms with van der Waals surface area (Å²) in [6.07, 6.45) is 3.81. The lowest BCUT2D eigenvalue weighted by molar-refractivity contribution is 0.166. The molecule has 0 bridgehead atoms. The highest BCUT2D eigenvalue weighted by molar-refractivity contribution is 5.38. The van der Waals surface area contributed by atoms with Crippen LogP contribution < -0.4 is 4.90 Å². The second-order valence-electron chi connectivity index (χ2n) is 6.64. The molecule has 1 saturated heterocycles. The summed E-state index contributed by atoms with van der Waals surface area (Å²) in [5.74, 6) is 2.82. The predicted molar refractivity (Wildman–Crippen MR) is 98.4 cm³/mol.